The van der Waals surface area contributed by atoms with E-state index in [-0.39, 0.29) is 93.6 Å². The van der Waals surface area contributed by atoms with Gasteiger partial charge in [-0.1, -0.05) is 11.6 Å². The number of aryl methyl sites for hydroxylation is 4. The molecule has 0 amide bonds. The van der Waals surface area contributed by atoms with Crippen molar-refractivity contribution in [1.29, 1.82) is 5.26 Å². The maximum atomic E-state index is 12.2. The summed E-state index contributed by atoms with van der Waals surface area (Å²) in [5, 5.41) is 58.2. The van der Waals surface area contributed by atoms with Gasteiger partial charge in [-0.3, -0.25) is 22.6 Å². The molecule has 0 aliphatic carbocycles. The lowest BCUT2D eigenvalue weighted by Crippen LogP contribution is -2.08. The number of nitriles is 1. The third-order valence-electron chi connectivity index (χ3n) is 11.9. The molecule has 0 unspecified atom stereocenters. The van der Waals surface area contributed by atoms with Crippen LogP contribution in [-0.4, -0.2) is 114 Å². The van der Waals surface area contributed by atoms with E-state index in [1.807, 2.05) is 6.07 Å². The first-order valence-corrected chi connectivity index (χ1v) is 34.3. The van der Waals surface area contributed by atoms with Crippen LogP contribution in [0, 0.1) is 45.9 Å². The van der Waals surface area contributed by atoms with Gasteiger partial charge in [0.05, 0.1) is 73.9 Å². The number of aromatic nitrogens is 2. The van der Waals surface area contributed by atoms with Gasteiger partial charge in [-0.15, -0.1) is 56.6 Å². The zero-order valence-electron chi connectivity index (χ0n) is 45.6. The summed E-state index contributed by atoms with van der Waals surface area (Å²) in [5.74, 6) is -1.76. The number of hydrogen-bond acceptors (Lipinski definition) is 25. The normalized spacial score (nSPS) is 12.5. The van der Waals surface area contributed by atoms with Gasteiger partial charge < -0.3 is 9.84 Å². The fraction of sp³-hybridized carbons (Fsp3) is 0.280. The maximum absolute atomic E-state index is 12.2. The molecule has 5 aromatic carbocycles. The molecule has 0 radical (unpaired) electrons. The van der Waals surface area contributed by atoms with E-state index < -0.39 is 79.1 Å². The topological polar surface area (TPSA) is 438 Å². The van der Waals surface area contributed by atoms with Gasteiger partial charge in [0.25, 0.3) is 40.5 Å². The highest BCUT2D eigenvalue weighted by molar-refractivity contribution is 7.99. The van der Waals surface area contributed by atoms with Gasteiger partial charge in [-0.05, 0) is 154 Å². The summed E-state index contributed by atoms with van der Waals surface area (Å²) in [6, 6.07) is 21.0. The van der Waals surface area contributed by atoms with E-state index >= 15 is 0 Å². The van der Waals surface area contributed by atoms with Crippen LogP contribution in [0.3, 0.4) is 0 Å². The van der Waals surface area contributed by atoms with Crippen molar-refractivity contribution in [3.8, 4) is 17.7 Å². The molecule has 0 fully saturated rings. The number of fused-ring (bicyclic) bond motifs is 3. The number of rotatable bonds is 24. The van der Waals surface area contributed by atoms with E-state index in [2.05, 4.69) is 45.9 Å². The number of benzene rings is 5. The quantitative estimate of drug-likeness (QED) is 0.0162. The largest absolute Gasteiger partial charge is 0.493 e. The van der Waals surface area contributed by atoms with E-state index in [1.54, 1.807) is 69.3 Å². The standard InChI is InChI=1S/C50H50ClN11O14S6.O3S/c1-28-21-40(58-61-47-31(4)35(27-52)49-53-36-13-14-46(82(73,74)75)32(5)48(36)62(49)50(47)63)43(76-15-6-18-79(64,65)66)24-37(28)56-59-41-23-30(3)39(26-45(41)78-17-8-20-81(70,71)72)57-60-42-22-29(2)38(55-54-34-11-9-33(51)10-12-34)25-44(42)77-16-7-19-80(67,68)69;1-4(2)3/h9-14,21-26,63H,6-8,15-20H2,1-5H3,(H,64,65,66)(H,67,68,69)(H,70,71,72)(H,73,74,75);. The molecular formula is C50H50ClN11O17S7. The van der Waals surface area contributed by atoms with Crippen LogP contribution in [0.2, 0.25) is 5.02 Å². The van der Waals surface area contributed by atoms with Crippen LogP contribution < -0.4 is 4.74 Å². The zero-order valence-corrected chi connectivity index (χ0v) is 52.1. The van der Waals surface area contributed by atoms with Gasteiger partial charge in [0.2, 0.25) is 5.88 Å². The van der Waals surface area contributed by atoms with E-state index in [1.165, 1.54) is 55.6 Å². The van der Waals surface area contributed by atoms with Crippen LogP contribution in [-0.2, 0) is 51.1 Å². The third kappa shape index (κ3) is 19.1. The number of nitrogens with zero attached hydrogens (tertiary/aromatic N) is 11. The average Bonchev–Trinajstić information content (AvgIpc) is 1.59. The molecule has 2 aromatic heterocycles. The summed E-state index contributed by atoms with van der Waals surface area (Å²) in [4.78, 5) is 5.03. The van der Waals surface area contributed by atoms with Gasteiger partial charge in [-0.2, -0.15) is 59.4 Å². The Morgan fingerprint density at radius 3 is 1.55 bits per heavy atom. The smallest absolute Gasteiger partial charge is 0.425 e. The van der Waals surface area contributed by atoms with Crippen molar-refractivity contribution < 1.29 is 74.4 Å². The molecule has 36 heteroatoms. The van der Waals surface area contributed by atoms with Crippen LogP contribution in [0.1, 0.15) is 52.6 Å². The molecule has 0 spiro atoms. The van der Waals surface area contributed by atoms with Crippen LogP contribution in [0.5, 0.6) is 11.6 Å². The summed E-state index contributed by atoms with van der Waals surface area (Å²) in [6.45, 7) is 7.80. The van der Waals surface area contributed by atoms with Crippen LogP contribution in [0.4, 0.5) is 45.5 Å². The van der Waals surface area contributed by atoms with E-state index in [9.17, 15) is 62.3 Å². The van der Waals surface area contributed by atoms with Crippen molar-refractivity contribution in [3.63, 3.8) is 0 Å². The Labute approximate surface area is 507 Å². The van der Waals surface area contributed by atoms with Crippen molar-refractivity contribution in [1.82, 2.24) is 9.38 Å². The molecule has 5 N–H and O–H groups in total. The number of hydrogen-bond donors (Lipinski definition) is 5. The molecular weight excluding hydrogens is 1290 g/mol. The van der Waals surface area contributed by atoms with Crippen molar-refractivity contribution in [2.24, 2.45) is 40.9 Å². The van der Waals surface area contributed by atoms with Gasteiger partial charge >= 0.3 is 10.6 Å². The fourth-order valence-corrected chi connectivity index (χ4v) is 12.5. The Hall–Kier alpha value is -7.21. The molecule has 0 saturated heterocycles. The third-order valence-corrected chi connectivity index (χ3v) is 17.8. The zero-order chi connectivity index (χ0) is 63.5. The predicted octanol–water partition coefficient (Wildman–Crippen LogP) is 12.6. The predicted molar refractivity (Wildman–Crippen MR) is 320 cm³/mol. The second-order valence-electron chi connectivity index (χ2n) is 18.4. The Morgan fingerprint density at radius 2 is 1.06 bits per heavy atom. The highest BCUT2D eigenvalue weighted by Crippen LogP contribution is 2.44. The van der Waals surface area contributed by atoms with Gasteiger partial charge in [-0.25, -0.2) is 4.98 Å². The number of thioether (sulfide) groups is 2. The molecule has 28 nitrogen and oxygen atoms in total. The number of azo groups is 4. The van der Waals surface area contributed by atoms with E-state index in [0.717, 1.165) is 10.5 Å². The van der Waals surface area contributed by atoms with Gasteiger partial charge in [0.1, 0.15) is 23.1 Å². The molecule has 7 aromatic rings. The first-order valence-electron chi connectivity index (χ1n) is 24.7. The number of ether oxygens (including phenoxy) is 1. The number of imidazole rings is 1. The molecule has 456 valence electrons. The van der Waals surface area contributed by atoms with E-state index in [0.29, 0.717) is 59.9 Å². The first kappa shape index (κ1) is 67.9. The molecule has 2 heterocycles. The fourth-order valence-electron chi connectivity index (χ4n) is 7.88. The molecule has 86 heavy (non-hydrogen) atoms. The van der Waals surface area contributed by atoms with Crippen molar-refractivity contribution >= 4 is 148 Å². The number of aromatic hydroxyl groups is 1. The summed E-state index contributed by atoms with van der Waals surface area (Å²) < 4.78 is 164. The minimum atomic E-state index is -4.72. The highest BCUT2D eigenvalue weighted by atomic mass is 35.5. The Bertz CT molecular complexity index is 4540. The summed E-state index contributed by atoms with van der Waals surface area (Å²) in [5.41, 5.74) is 4.13. The summed E-state index contributed by atoms with van der Waals surface area (Å²) >= 11 is 8.49. The van der Waals surface area contributed by atoms with Crippen molar-refractivity contribution in [2.75, 3.05) is 35.4 Å². The second-order valence-corrected chi connectivity index (χ2v) is 27.6. The lowest BCUT2D eigenvalue weighted by atomic mass is 10.1. The lowest BCUT2D eigenvalue weighted by Gasteiger charge is -2.12. The highest BCUT2D eigenvalue weighted by Gasteiger charge is 2.25. The Morgan fingerprint density at radius 1 is 0.605 bits per heavy atom. The SMILES string of the molecule is Cc1cc(N=Nc2cc(SCCCS(=O)(=O)O)c(N=Nc3cc(OCCCS(=O)(=O)O)c(N=Nc4c(C)c(C#N)c5nc6ccc(S(=O)(=O)O)c(C)c6n5c4O)cc3C)cc2C)c(SCCCS(=O)(=O)O)cc1N=Nc1ccc(Cl)cc1.O=S(=O)=O. The maximum Gasteiger partial charge on any atom is 0.425 e. The summed E-state index contributed by atoms with van der Waals surface area (Å²) in [7, 11) is -20.7. The first-order chi connectivity index (χ1) is 40.2. The van der Waals surface area contributed by atoms with Crippen molar-refractivity contribution in [2.45, 2.75) is 68.6 Å². The van der Waals surface area contributed by atoms with Crippen molar-refractivity contribution in [3.05, 3.63) is 111 Å². The Balaban J connectivity index is 0.00000286. The van der Waals surface area contributed by atoms with Gasteiger partial charge in [0.15, 0.2) is 11.3 Å². The number of halogens is 1. The van der Waals surface area contributed by atoms with Crippen LogP contribution in [0.25, 0.3) is 16.7 Å². The lowest BCUT2D eigenvalue weighted by molar-refractivity contribution is 0.317. The number of pyridine rings is 1. The van der Waals surface area contributed by atoms with Crippen LogP contribution >= 0.6 is 35.1 Å². The molecule has 7 rings (SSSR count). The van der Waals surface area contributed by atoms with Crippen LogP contribution in [0.15, 0.2) is 128 Å². The molecule has 0 bridgehead atoms. The minimum absolute atomic E-state index is 0.0170. The Kier molecular flexibility index (Phi) is 22.9. The molecule has 0 atom stereocenters. The van der Waals surface area contributed by atoms with E-state index in [4.69, 9.17) is 29.0 Å². The monoisotopic (exact) mass is 1340 g/mol. The molecule has 0 aliphatic heterocycles. The molecule has 0 saturated carbocycles. The van der Waals surface area contributed by atoms with Gasteiger partial charge in [0, 0.05) is 26.4 Å². The minimum Gasteiger partial charge on any atom is -0.493 e. The average molecular weight is 1340 g/mol. The second kappa shape index (κ2) is 29.0. The molecule has 0 aliphatic rings. The summed E-state index contributed by atoms with van der Waals surface area (Å²) in [6.07, 6.45) is 0.00436.